The Labute approximate surface area is 141 Å². The van der Waals surface area contributed by atoms with Crippen molar-refractivity contribution >= 4 is 11.7 Å². The molecule has 6 nitrogen and oxygen atoms in total. The third-order valence-electron chi connectivity index (χ3n) is 5.10. The molecule has 3 fully saturated rings. The number of urea groups is 1. The van der Waals surface area contributed by atoms with Crippen LogP contribution in [0.25, 0.3) is 0 Å². The summed E-state index contributed by atoms with van der Waals surface area (Å²) in [5.41, 5.74) is 1.84. The molecule has 2 aromatic rings. The number of anilines is 1. The van der Waals surface area contributed by atoms with E-state index in [0.29, 0.717) is 12.5 Å². The molecule has 0 spiro atoms. The SMILES string of the molecule is COC12CC(CN(C(=O)Nc3cccc(Cn4ccnc4)c3)C1)C2. The topological polar surface area (TPSA) is 59.4 Å². The van der Waals surface area contributed by atoms with Crippen LogP contribution >= 0.6 is 0 Å². The Bertz CT molecular complexity index is 722. The summed E-state index contributed by atoms with van der Waals surface area (Å²) in [6.45, 7) is 2.24. The number of hydrogen-bond acceptors (Lipinski definition) is 3. The highest BCUT2D eigenvalue weighted by atomic mass is 16.5. The molecular formula is C18H22N4O2. The van der Waals surface area contributed by atoms with E-state index in [-0.39, 0.29) is 11.6 Å². The highest BCUT2D eigenvalue weighted by molar-refractivity contribution is 5.89. The molecule has 6 heteroatoms. The lowest BCUT2D eigenvalue weighted by Gasteiger charge is -2.55. The van der Waals surface area contributed by atoms with Crippen LogP contribution in [0.5, 0.6) is 0 Å². The molecule has 2 amide bonds. The van der Waals surface area contributed by atoms with Gasteiger partial charge in [-0.1, -0.05) is 12.1 Å². The van der Waals surface area contributed by atoms with E-state index in [1.807, 2.05) is 39.9 Å². The number of aromatic nitrogens is 2. The van der Waals surface area contributed by atoms with Crippen molar-refractivity contribution < 1.29 is 9.53 Å². The van der Waals surface area contributed by atoms with Crippen LogP contribution < -0.4 is 5.32 Å². The average molecular weight is 326 g/mol. The number of hydrogen-bond donors (Lipinski definition) is 1. The first-order valence-electron chi connectivity index (χ1n) is 8.32. The van der Waals surface area contributed by atoms with E-state index in [1.54, 1.807) is 19.6 Å². The van der Waals surface area contributed by atoms with Crippen molar-refractivity contribution in [3.05, 3.63) is 48.5 Å². The van der Waals surface area contributed by atoms with Gasteiger partial charge in [0, 0.05) is 38.3 Å². The summed E-state index contributed by atoms with van der Waals surface area (Å²) in [6.07, 6.45) is 7.63. The van der Waals surface area contributed by atoms with E-state index < -0.39 is 0 Å². The molecule has 1 aromatic carbocycles. The van der Waals surface area contributed by atoms with Crippen molar-refractivity contribution in [2.75, 3.05) is 25.5 Å². The molecule has 126 valence electrons. The number of rotatable bonds is 4. The Hall–Kier alpha value is -2.34. The van der Waals surface area contributed by atoms with E-state index >= 15 is 0 Å². The van der Waals surface area contributed by atoms with E-state index in [4.69, 9.17) is 4.74 Å². The fraction of sp³-hybridized carbons (Fsp3) is 0.444. The third-order valence-corrected chi connectivity index (χ3v) is 5.10. The molecule has 1 aromatic heterocycles. The van der Waals surface area contributed by atoms with Gasteiger partial charge >= 0.3 is 6.03 Å². The van der Waals surface area contributed by atoms with Crippen LogP contribution in [0.15, 0.2) is 43.0 Å². The minimum atomic E-state index is -0.108. The van der Waals surface area contributed by atoms with Crippen LogP contribution in [0.2, 0.25) is 0 Å². The van der Waals surface area contributed by atoms with Gasteiger partial charge in [0.15, 0.2) is 0 Å². The zero-order chi connectivity index (χ0) is 16.6. The standard InChI is InChI=1S/C18H22N4O2/c1-24-18-8-15(9-18)11-22(12-18)17(23)20-16-4-2-3-14(7-16)10-21-6-5-19-13-21/h2-7,13,15H,8-12H2,1H3,(H,20,23). The smallest absolute Gasteiger partial charge is 0.321 e. The van der Waals surface area contributed by atoms with Crippen LogP contribution in [0.4, 0.5) is 10.5 Å². The fourth-order valence-electron chi connectivity index (χ4n) is 3.90. The van der Waals surface area contributed by atoms with Crippen LogP contribution in [0.3, 0.4) is 0 Å². The van der Waals surface area contributed by atoms with E-state index in [0.717, 1.165) is 37.2 Å². The Kier molecular flexibility index (Phi) is 3.76. The minimum Gasteiger partial charge on any atom is -0.376 e. The van der Waals surface area contributed by atoms with Crippen molar-refractivity contribution in [2.24, 2.45) is 5.92 Å². The largest absolute Gasteiger partial charge is 0.376 e. The number of nitrogens with zero attached hydrogens (tertiary/aromatic N) is 3. The lowest BCUT2D eigenvalue weighted by atomic mass is 9.67. The van der Waals surface area contributed by atoms with Crippen molar-refractivity contribution in [2.45, 2.75) is 25.0 Å². The van der Waals surface area contributed by atoms with Gasteiger partial charge in [-0.3, -0.25) is 0 Å². The number of imidazole rings is 1. The Morgan fingerprint density at radius 1 is 1.46 bits per heavy atom. The minimum absolute atomic E-state index is 0.0411. The van der Waals surface area contributed by atoms with E-state index in [1.165, 1.54) is 0 Å². The molecule has 2 bridgehead atoms. The first-order valence-corrected chi connectivity index (χ1v) is 8.32. The highest BCUT2D eigenvalue weighted by Gasteiger charge is 2.51. The van der Waals surface area contributed by atoms with Gasteiger partial charge in [0.1, 0.15) is 0 Å². The first-order chi connectivity index (χ1) is 11.7. The van der Waals surface area contributed by atoms with Gasteiger partial charge in [0.2, 0.25) is 0 Å². The molecule has 1 saturated carbocycles. The van der Waals surface area contributed by atoms with Gasteiger partial charge in [0.25, 0.3) is 0 Å². The summed E-state index contributed by atoms with van der Waals surface area (Å²) in [5, 5.41) is 3.02. The summed E-state index contributed by atoms with van der Waals surface area (Å²) in [5.74, 6) is 0.581. The molecular weight excluding hydrogens is 304 g/mol. The second-order valence-electron chi connectivity index (χ2n) is 6.91. The molecule has 2 aliphatic heterocycles. The molecule has 1 N–H and O–H groups in total. The van der Waals surface area contributed by atoms with Crippen molar-refractivity contribution in [3.8, 4) is 0 Å². The van der Waals surface area contributed by atoms with Gasteiger partial charge in [-0.2, -0.15) is 0 Å². The number of amides is 2. The van der Waals surface area contributed by atoms with E-state index in [2.05, 4.69) is 10.3 Å². The summed E-state index contributed by atoms with van der Waals surface area (Å²) < 4.78 is 7.62. The molecule has 3 aliphatic rings. The van der Waals surface area contributed by atoms with Gasteiger partial charge < -0.3 is 19.5 Å². The fourth-order valence-corrected chi connectivity index (χ4v) is 3.90. The highest BCUT2D eigenvalue weighted by Crippen LogP contribution is 2.45. The van der Waals surface area contributed by atoms with Gasteiger partial charge in [-0.25, -0.2) is 9.78 Å². The number of fused-ring (bicyclic) bond motifs is 2. The zero-order valence-corrected chi connectivity index (χ0v) is 13.8. The maximum absolute atomic E-state index is 12.6. The Balaban J connectivity index is 1.41. The van der Waals surface area contributed by atoms with Crippen molar-refractivity contribution in [1.82, 2.24) is 14.5 Å². The summed E-state index contributed by atoms with van der Waals surface area (Å²) in [6, 6.07) is 7.90. The normalized spacial score (nSPS) is 25.2. The molecule has 0 atom stereocenters. The van der Waals surface area contributed by atoms with Gasteiger partial charge in [-0.05, 0) is 36.5 Å². The lowest BCUT2D eigenvalue weighted by Crippen LogP contribution is -2.63. The third kappa shape index (κ3) is 2.89. The number of benzene rings is 1. The number of piperidine rings is 2. The number of ether oxygens (including phenoxy) is 1. The number of methoxy groups -OCH3 is 1. The average Bonchev–Trinajstić information content (AvgIpc) is 3.07. The Morgan fingerprint density at radius 3 is 3.08 bits per heavy atom. The number of nitrogens with one attached hydrogen (secondary N) is 1. The monoisotopic (exact) mass is 326 g/mol. The predicted octanol–water partition coefficient (Wildman–Crippen LogP) is 2.57. The molecule has 2 saturated heterocycles. The van der Waals surface area contributed by atoms with Gasteiger partial charge in [0.05, 0.1) is 18.5 Å². The van der Waals surface area contributed by atoms with Crippen LogP contribution in [-0.4, -0.2) is 46.3 Å². The summed E-state index contributed by atoms with van der Waals surface area (Å²) >= 11 is 0. The molecule has 0 radical (unpaired) electrons. The molecule has 5 rings (SSSR count). The van der Waals surface area contributed by atoms with Crippen molar-refractivity contribution in [3.63, 3.8) is 0 Å². The van der Waals surface area contributed by atoms with Crippen LogP contribution in [-0.2, 0) is 11.3 Å². The van der Waals surface area contributed by atoms with Crippen LogP contribution in [0.1, 0.15) is 18.4 Å². The molecule has 0 unspecified atom stereocenters. The first kappa shape index (κ1) is 15.2. The number of carbonyl (C=O) groups is 1. The molecule has 3 heterocycles. The van der Waals surface area contributed by atoms with Gasteiger partial charge in [-0.15, -0.1) is 0 Å². The van der Waals surface area contributed by atoms with E-state index in [9.17, 15) is 4.79 Å². The lowest BCUT2D eigenvalue weighted by molar-refractivity contribution is -0.149. The number of carbonyl (C=O) groups excluding carboxylic acids is 1. The van der Waals surface area contributed by atoms with Crippen molar-refractivity contribution in [1.29, 1.82) is 0 Å². The Morgan fingerprint density at radius 2 is 2.33 bits per heavy atom. The maximum Gasteiger partial charge on any atom is 0.321 e. The van der Waals surface area contributed by atoms with Crippen LogP contribution in [0, 0.1) is 5.92 Å². The second kappa shape index (κ2) is 5.94. The quantitative estimate of drug-likeness (QED) is 0.939. The zero-order valence-electron chi connectivity index (χ0n) is 13.8. The molecule has 24 heavy (non-hydrogen) atoms. The second-order valence-corrected chi connectivity index (χ2v) is 6.91. The maximum atomic E-state index is 12.6. The predicted molar refractivity (Wildman–Crippen MR) is 90.8 cm³/mol. The summed E-state index contributed by atoms with van der Waals surface area (Å²) in [4.78, 5) is 18.5. The summed E-state index contributed by atoms with van der Waals surface area (Å²) in [7, 11) is 1.75. The molecule has 1 aliphatic carbocycles.